The van der Waals surface area contributed by atoms with Crippen LogP contribution in [0.2, 0.25) is 0 Å². The average molecular weight is 211 g/mol. The Labute approximate surface area is 90.8 Å². The maximum atomic E-state index is 0. The van der Waals surface area contributed by atoms with Crippen LogP contribution in [-0.4, -0.2) is 40.4 Å². The summed E-state index contributed by atoms with van der Waals surface area (Å²) >= 11 is 0. The van der Waals surface area contributed by atoms with Crippen molar-refractivity contribution in [2.45, 2.75) is 0 Å². The largest absolute Gasteiger partial charge is 0.316 e. The van der Waals surface area contributed by atoms with Gasteiger partial charge in [-0.05, 0) is 0 Å². The summed E-state index contributed by atoms with van der Waals surface area (Å²) < 4.78 is 0. The van der Waals surface area contributed by atoms with Crippen molar-refractivity contribution in [2.75, 3.05) is 0 Å². The molecule has 0 amide bonds. The van der Waals surface area contributed by atoms with E-state index >= 15 is 0 Å². The summed E-state index contributed by atoms with van der Waals surface area (Å²) in [6, 6.07) is 0. The summed E-state index contributed by atoms with van der Waals surface area (Å²) in [5, 5.41) is 0. The van der Waals surface area contributed by atoms with Gasteiger partial charge in [0, 0.05) is 52.2 Å². The van der Waals surface area contributed by atoms with Crippen molar-refractivity contribution in [1.29, 1.82) is 0 Å². The second kappa shape index (κ2) is 16.6. The summed E-state index contributed by atoms with van der Waals surface area (Å²) in [7, 11) is 0. The van der Waals surface area contributed by atoms with Gasteiger partial charge in [0.25, 0.3) is 0 Å². The SMILES string of the molecule is [AlH3].[MgH2].[Y].[Zn]. The van der Waals surface area contributed by atoms with Gasteiger partial charge in [0.05, 0.1) is 0 Å². The number of rotatable bonds is 0. The first-order valence-corrected chi connectivity index (χ1v) is 0. The molecule has 0 aliphatic carbocycles. The van der Waals surface area contributed by atoms with Crippen molar-refractivity contribution in [2.24, 2.45) is 0 Å². The van der Waals surface area contributed by atoms with Gasteiger partial charge in [-0.2, -0.15) is 0 Å². The Morgan fingerprint density at radius 2 is 1.00 bits per heavy atom. The Hall–Kier alpha value is 3.03. The molecular formula is H5AlMgYZn. The third kappa shape index (κ3) is 8.90. The van der Waals surface area contributed by atoms with E-state index in [1.165, 1.54) is 0 Å². The summed E-state index contributed by atoms with van der Waals surface area (Å²) in [6.45, 7) is 0. The molecule has 0 aromatic heterocycles. The van der Waals surface area contributed by atoms with Crippen LogP contribution in [0.4, 0.5) is 0 Å². The van der Waals surface area contributed by atoms with E-state index in [0.29, 0.717) is 0 Å². The minimum Gasteiger partial charge on any atom is 0 e. The third-order valence-electron chi connectivity index (χ3n) is 0. The summed E-state index contributed by atoms with van der Waals surface area (Å²) in [5.41, 5.74) is 0. The second-order valence-electron chi connectivity index (χ2n) is 0. The molecule has 0 nitrogen and oxygen atoms in total. The van der Waals surface area contributed by atoms with Crippen molar-refractivity contribution in [3.8, 4) is 0 Å². The standard InChI is InChI=1S/Al.Mg.Y.Zn.5H. The van der Waals surface area contributed by atoms with Crippen LogP contribution < -0.4 is 0 Å². The molecule has 0 spiro atoms. The molecule has 4 heavy (non-hydrogen) atoms. The first kappa shape index (κ1) is 27.9. The van der Waals surface area contributed by atoms with E-state index in [-0.39, 0.29) is 92.6 Å². The van der Waals surface area contributed by atoms with Crippen LogP contribution in [0.5, 0.6) is 0 Å². The molecule has 0 bridgehead atoms. The smallest absolute Gasteiger partial charge is 0 e. The Morgan fingerprint density at radius 1 is 1.00 bits per heavy atom. The van der Waals surface area contributed by atoms with E-state index in [9.17, 15) is 0 Å². The van der Waals surface area contributed by atoms with Crippen LogP contribution in [0, 0.1) is 0 Å². The summed E-state index contributed by atoms with van der Waals surface area (Å²) in [5.74, 6) is 0. The molecule has 0 saturated carbocycles. The number of hydrogen-bond acceptors (Lipinski definition) is 0. The Balaban J connectivity index is 0. The molecule has 0 aliphatic heterocycles. The van der Waals surface area contributed by atoms with E-state index in [0.717, 1.165) is 0 Å². The van der Waals surface area contributed by atoms with Crippen LogP contribution in [0.15, 0.2) is 0 Å². The van der Waals surface area contributed by atoms with Crippen LogP contribution in [0.1, 0.15) is 0 Å². The molecule has 0 N–H and O–H groups in total. The molecule has 0 aromatic rings. The van der Waals surface area contributed by atoms with Gasteiger partial charge >= 0.3 is 23.1 Å². The molecule has 4 heteroatoms. The van der Waals surface area contributed by atoms with Gasteiger partial charge < -0.3 is 0 Å². The van der Waals surface area contributed by atoms with Crippen molar-refractivity contribution in [3.63, 3.8) is 0 Å². The fourth-order valence-corrected chi connectivity index (χ4v) is 0. The Morgan fingerprint density at radius 3 is 1.00 bits per heavy atom. The van der Waals surface area contributed by atoms with E-state index < -0.39 is 0 Å². The zero-order valence-electron chi connectivity index (χ0n) is 1.28. The molecule has 1 radical (unpaired) electrons. The topological polar surface area (TPSA) is 0 Å². The van der Waals surface area contributed by atoms with Crippen LogP contribution in [0.25, 0.3) is 0 Å². The second-order valence-corrected chi connectivity index (χ2v) is 0. The molecular weight excluding hydrogens is 206 g/mol. The van der Waals surface area contributed by atoms with Crippen molar-refractivity contribution >= 4 is 40.4 Å². The predicted molar refractivity (Wildman–Crippen MR) is 18.5 cm³/mol. The van der Waals surface area contributed by atoms with Crippen molar-refractivity contribution in [3.05, 3.63) is 0 Å². The van der Waals surface area contributed by atoms with E-state index in [4.69, 9.17) is 0 Å². The molecule has 0 rings (SSSR count). The minimum absolute atomic E-state index is 0. The monoisotopic (exact) mass is 209 g/mol. The molecule has 0 aliphatic rings. The molecule has 0 aromatic carbocycles. The fraction of sp³-hybridized carbons (Fsp3) is 0. The molecule has 0 fully saturated rings. The molecule has 0 heterocycles. The predicted octanol–water partition coefficient (Wildman–Crippen LogP) is -2.11. The van der Waals surface area contributed by atoms with Gasteiger partial charge in [0.15, 0.2) is 17.4 Å². The van der Waals surface area contributed by atoms with Crippen LogP contribution in [0.3, 0.4) is 0 Å². The van der Waals surface area contributed by atoms with Gasteiger partial charge in [-0.3, -0.25) is 0 Å². The van der Waals surface area contributed by atoms with Gasteiger partial charge in [-0.15, -0.1) is 0 Å². The zero-order valence-corrected chi connectivity index (χ0v) is 7.09. The van der Waals surface area contributed by atoms with Crippen LogP contribution >= 0.6 is 0 Å². The quantitative estimate of drug-likeness (QED) is 0.402. The zero-order chi connectivity index (χ0) is 0. The first-order valence-electron chi connectivity index (χ1n) is 0. The summed E-state index contributed by atoms with van der Waals surface area (Å²) in [6.07, 6.45) is 0. The van der Waals surface area contributed by atoms with E-state index in [1.54, 1.807) is 0 Å². The average Bonchev–Trinajstić information content (AvgIpc) is 0. The molecule has 15 valence electrons. The van der Waals surface area contributed by atoms with Crippen molar-refractivity contribution < 1.29 is 52.2 Å². The van der Waals surface area contributed by atoms with Crippen LogP contribution in [-0.2, 0) is 52.2 Å². The molecule has 0 atom stereocenters. The third-order valence-corrected chi connectivity index (χ3v) is 0. The molecule has 0 unspecified atom stereocenters. The van der Waals surface area contributed by atoms with Gasteiger partial charge in [0.1, 0.15) is 0 Å². The van der Waals surface area contributed by atoms with E-state index in [2.05, 4.69) is 0 Å². The van der Waals surface area contributed by atoms with E-state index in [1.807, 2.05) is 0 Å². The maximum absolute atomic E-state index is 0. The fourth-order valence-electron chi connectivity index (χ4n) is 0. The first-order chi connectivity index (χ1) is 0. The summed E-state index contributed by atoms with van der Waals surface area (Å²) in [4.78, 5) is 0. The Kier molecular flexibility index (Phi) is 116. The Bertz CT molecular complexity index is 8.00. The van der Waals surface area contributed by atoms with Crippen molar-refractivity contribution in [1.82, 2.24) is 0 Å². The number of hydrogen-bond donors (Lipinski definition) is 0. The van der Waals surface area contributed by atoms with Gasteiger partial charge in [-0.1, -0.05) is 0 Å². The molecule has 0 saturated heterocycles. The maximum Gasteiger partial charge on any atom is 0.316 e. The van der Waals surface area contributed by atoms with Gasteiger partial charge in [0.2, 0.25) is 0 Å². The van der Waals surface area contributed by atoms with Gasteiger partial charge in [-0.25, -0.2) is 0 Å². The minimum atomic E-state index is 0. The normalized spacial score (nSPS) is 0.